The zero-order valence-corrected chi connectivity index (χ0v) is 21.9. The maximum atomic E-state index is 13.5. The van der Waals surface area contributed by atoms with Crippen LogP contribution in [0.5, 0.6) is 11.5 Å². The van der Waals surface area contributed by atoms with Gasteiger partial charge in [-0.25, -0.2) is 4.79 Å². The van der Waals surface area contributed by atoms with Crippen LogP contribution >= 0.6 is 0 Å². The number of aromatic nitrogens is 1. The van der Waals surface area contributed by atoms with Gasteiger partial charge in [0.2, 0.25) is 5.43 Å². The highest BCUT2D eigenvalue weighted by Gasteiger charge is 2.23. The van der Waals surface area contributed by atoms with Gasteiger partial charge in [0.05, 0.1) is 13.3 Å². The zero-order chi connectivity index (χ0) is 26.9. The standard InChI is InChI=1S/C31H32N2O5/c1-32(2)18-19-33-21-29(37-22-23-14-16-26(36-3)17-15-23)28(34)20-27(33)31(35)38-30(24-10-6-4-7-11-24)25-12-8-5-9-13-25/h4-17,20-21,30H,18-19,22H2,1-3H3. The van der Waals surface area contributed by atoms with E-state index in [0.29, 0.717) is 13.1 Å². The second-order valence-electron chi connectivity index (χ2n) is 9.13. The van der Waals surface area contributed by atoms with E-state index in [1.54, 1.807) is 17.9 Å². The minimum Gasteiger partial charge on any atom is -0.497 e. The van der Waals surface area contributed by atoms with E-state index >= 15 is 0 Å². The number of esters is 1. The average Bonchev–Trinajstić information content (AvgIpc) is 2.95. The fourth-order valence-corrected chi connectivity index (χ4v) is 3.96. The molecule has 0 aliphatic rings. The Morgan fingerprint density at radius 3 is 2.05 bits per heavy atom. The molecule has 0 radical (unpaired) electrons. The van der Waals surface area contributed by atoms with E-state index in [-0.39, 0.29) is 23.5 Å². The lowest BCUT2D eigenvalue weighted by atomic mass is 10.0. The summed E-state index contributed by atoms with van der Waals surface area (Å²) in [4.78, 5) is 28.5. The number of hydrogen-bond donors (Lipinski definition) is 0. The van der Waals surface area contributed by atoms with Gasteiger partial charge in [-0.1, -0.05) is 72.8 Å². The number of nitrogens with zero attached hydrogens (tertiary/aromatic N) is 2. The minimum absolute atomic E-state index is 0.166. The van der Waals surface area contributed by atoms with Crippen LogP contribution in [-0.2, 0) is 17.9 Å². The van der Waals surface area contributed by atoms with Crippen LogP contribution in [0.4, 0.5) is 0 Å². The van der Waals surface area contributed by atoms with E-state index in [0.717, 1.165) is 22.4 Å². The van der Waals surface area contributed by atoms with Crippen molar-refractivity contribution >= 4 is 5.97 Å². The Balaban J connectivity index is 1.61. The number of likely N-dealkylation sites (N-methyl/N-ethyl adjacent to an activating group) is 1. The second-order valence-corrected chi connectivity index (χ2v) is 9.13. The molecule has 4 aromatic rings. The Kier molecular flexibility index (Phi) is 8.95. The Hall–Kier alpha value is -4.36. The fraction of sp³-hybridized carbons (Fsp3) is 0.226. The molecule has 0 bridgehead atoms. The lowest BCUT2D eigenvalue weighted by Gasteiger charge is -2.21. The molecule has 0 saturated carbocycles. The van der Waals surface area contributed by atoms with E-state index in [1.807, 2.05) is 104 Å². The molecule has 0 saturated heterocycles. The summed E-state index contributed by atoms with van der Waals surface area (Å²) in [5.74, 6) is 0.325. The number of carbonyl (C=O) groups excluding carboxylic acids is 1. The van der Waals surface area contributed by atoms with Gasteiger partial charge in [-0.15, -0.1) is 0 Å². The predicted octanol–water partition coefficient (Wildman–Crippen LogP) is 4.94. The Labute approximate surface area is 222 Å². The number of ether oxygens (including phenoxy) is 3. The van der Waals surface area contributed by atoms with Crippen molar-refractivity contribution in [2.24, 2.45) is 0 Å². The van der Waals surface area contributed by atoms with Crippen molar-refractivity contribution < 1.29 is 19.0 Å². The van der Waals surface area contributed by atoms with Gasteiger partial charge in [0.25, 0.3) is 0 Å². The highest BCUT2D eigenvalue weighted by molar-refractivity contribution is 5.88. The van der Waals surface area contributed by atoms with Crippen LogP contribution in [0.15, 0.2) is 102 Å². The summed E-state index contributed by atoms with van der Waals surface area (Å²) in [5, 5.41) is 0. The smallest absolute Gasteiger partial charge is 0.356 e. The molecule has 3 aromatic carbocycles. The van der Waals surface area contributed by atoms with Gasteiger partial charge in [0, 0.05) is 19.2 Å². The molecule has 0 atom stereocenters. The molecule has 7 nitrogen and oxygen atoms in total. The topological polar surface area (TPSA) is 70.0 Å². The normalized spacial score (nSPS) is 11.0. The van der Waals surface area contributed by atoms with Gasteiger partial charge >= 0.3 is 5.97 Å². The highest BCUT2D eigenvalue weighted by Crippen LogP contribution is 2.27. The van der Waals surface area contributed by atoms with Crippen LogP contribution in [0.1, 0.15) is 33.3 Å². The van der Waals surface area contributed by atoms with E-state index < -0.39 is 12.1 Å². The molecule has 0 N–H and O–H groups in total. The Morgan fingerprint density at radius 1 is 0.895 bits per heavy atom. The van der Waals surface area contributed by atoms with Crippen molar-refractivity contribution in [3.63, 3.8) is 0 Å². The molecule has 0 aliphatic heterocycles. The Morgan fingerprint density at radius 2 is 1.50 bits per heavy atom. The van der Waals surface area contributed by atoms with Crippen LogP contribution in [0.3, 0.4) is 0 Å². The lowest BCUT2D eigenvalue weighted by molar-refractivity contribution is 0.0363. The highest BCUT2D eigenvalue weighted by atomic mass is 16.5. The van der Waals surface area contributed by atoms with Crippen LogP contribution in [0.25, 0.3) is 0 Å². The number of rotatable bonds is 11. The third-order valence-corrected chi connectivity index (χ3v) is 6.07. The zero-order valence-electron chi connectivity index (χ0n) is 21.9. The summed E-state index contributed by atoms with van der Waals surface area (Å²) in [5.41, 5.74) is 2.36. The number of hydrogen-bond acceptors (Lipinski definition) is 6. The Bertz CT molecular complexity index is 1340. The first-order valence-electron chi connectivity index (χ1n) is 12.4. The van der Waals surface area contributed by atoms with Gasteiger partial charge < -0.3 is 23.7 Å². The van der Waals surface area contributed by atoms with Crippen LogP contribution < -0.4 is 14.9 Å². The monoisotopic (exact) mass is 512 g/mol. The molecule has 1 aromatic heterocycles. The summed E-state index contributed by atoms with van der Waals surface area (Å²) in [6.07, 6.45) is 0.972. The summed E-state index contributed by atoms with van der Waals surface area (Å²) >= 11 is 0. The molecule has 38 heavy (non-hydrogen) atoms. The first-order valence-corrected chi connectivity index (χ1v) is 12.4. The molecular formula is C31H32N2O5. The van der Waals surface area contributed by atoms with Crippen LogP contribution in [-0.4, -0.2) is 43.2 Å². The molecule has 7 heteroatoms. The minimum atomic E-state index is -0.617. The van der Waals surface area contributed by atoms with Crippen molar-refractivity contribution in [2.45, 2.75) is 19.3 Å². The van der Waals surface area contributed by atoms with Crippen molar-refractivity contribution in [3.05, 3.63) is 130 Å². The van der Waals surface area contributed by atoms with Crippen LogP contribution in [0, 0.1) is 0 Å². The molecule has 1 heterocycles. The largest absolute Gasteiger partial charge is 0.497 e. The van der Waals surface area contributed by atoms with E-state index in [2.05, 4.69) is 0 Å². The SMILES string of the molecule is COc1ccc(COc2cn(CCN(C)C)c(C(=O)OC(c3ccccc3)c3ccccc3)cc2=O)cc1. The maximum absolute atomic E-state index is 13.5. The number of benzene rings is 3. The van der Waals surface area contributed by atoms with Gasteiger partial charge in [-0.3, -0.25) is 4.79 Å². The van der Waals surface area contributed by atoms with Crippen molar-refractivity contribution in [3.8, 4) is 11.5 Å². The quantitative estimate of drug-likeness (QED) is 0.265. The number of pyridine rings is 1. The number of methoxy groups -OCH3 is 1. The van der Waals surface area contributed by atoms with Gasteiger partial charge in [-0.05, 0) is 42.9 Å². The molecular weight excluding hydrogens is 480 g/mol. The maximum Gasteiger partial charge on any atom is 0.356 e. The fourth-order valence-electron chi connectivity index (χ4n) is 3.96. The number of carbonyl (C=O) groups is 1. The summed E-state index contributed by atoms with van der Waals surface area (Å²) < 4.78 is 18.8. The van der Waals surface area contributed by atoms with Gasteiger partial charge in [0.15, 0.2) is 11.9 Å². The van der Waals surface area contributed by atoms with E-state index in [1.165, 1.54) is 6.07 Å². The first kappa shape index (κ1) is 26.7. The summed E-state index contributed by atoms with van der Waals surface area (Å²) in [6, 6.07) is 27.8. The first-order chi connectivity index (χ1) is 18.4. The second kappa shape index (κ2) is 12.7. The summed E-state index contributed by atoms with van der Waals surface area (Å²) in [7, 11) is 5.50. The molecule has 0 spiro atoms. The van der Waals surface area contributed by atoms with Crippen molar-refractivity contribution in [1.29, 1.82) is 0 Å². The molecule has 0 unspecified atom stereocenters. The van der Waals surface area contributed by atoms with Crippen molar-refractivity contribution in [2.75, 3.05) is 27.7 Å². The molecule has 196 valence electrons. The molecule has 4 rings (SSSR count). The van der Waals surface area contributed by atoms with Gasteiger partial charge in [-0.2, -0.15) is 0 Å². The van der Waals surface area contributed by atoms with Crippen molar-refractivity contribution in [1.82, 2.24) is 9.47 Å². The molecule has 0 amide bonds. The van der Waals surface area contributed by atoms with Gasteiger partial charge in [0.1, 0.15) is 18.1 Å². The predicted molar refractivity (Wildman–Crippen MR) is 147 cm³/mol. The lowest BCUT2D eigenvalue weighted by Crippen LogP contribution is -2.26. The third-order valence-electron chi connectivity index (χ3n) is 6.07. The molecule has 0 fully saturated rings. The summed E-state index contributed by atoms with van der Waals surface area (Å²) in [6.45, 7) is 1.33. The van der Waals surface area contributed by atoms with Crippen LogP contribution in [0.2, 0.25) is 0 Å². The molecule has 0 aliphatic carbocycles. The third kappa shape index (κ3) is 6.89. The average molecular weight is 513 g/mol. The van der Waals surface area contributed by atoms with E-state index in [9.17, 15) is 9.59 Å². The van der Waals surface area contributed by atoms with E-state index in [4.69, 9.17) is 14.2 Å².